The van der Waals surface area contributed by atoms with Gasteiger partial charge in [-0.05, 0) is 42.8 Å². The maximum Gasteiger partial charge on any atom is 0.0967 e. The van der Waals surface area contributed by atoms with Crippen LogP contribution in [-0.4, -0.2) is 6.61 Å². The molecule has 2 nitrogen and oxygen atoms in total. The Hall–Kier alpha value is -1.25. The molecule has 0 saturated heterocycles. The van der Waals surface area contributed by atoms with Gasteiger partial charge in [-0.15, -0.1) is 0 Å². The van der Waals surface area contributed by atoms with Gasteiger partial charge in [0.25, 0.3) is 0 Å². The van der Waals surface area contributed by atoms with Crippen molar-refractivity contribution in [2.45, 2.75) is 23.1 Å². The van der Waals surface area contributed by atoms with Gasteiger partial charge >= 0.3 is 0 Å². The van der Waals surface area contributed by atoms with Crippen LogP contribution in [0.25, 0.3) is 0 Å². The molecule has 1 atom stereocenters. The van der Waals surface area contributed by atoms with Gasteiger partial charge in [0.2, 0.25) is 0 Å². The van der Waals surface area contributed by atoms with Crippen LogP contribution in [0.4, 0.5) is 0 Å². The summed E-state index contributed by atoms with van der Waals surface area (Å²) in [7, 11) is -2.43. The number of nitrogens with zero attached hydrogens (tertiary/aromatic N) is 1. The van der Waals surface area contributed by atoms with Crippen molar-refractivity contribution in [3.8, 4) is 0 Å². The molecular formula is C15H16ClNOS. The molecular weight excluding hydrogens is 278 g/mol. The molecule has 0 aliphatic rings. The summed E-state index contributed by atoms with van der Waals surface area (Å²) in [6, 6.07) is 16.7. The summed E-state index contributed by atoms with van der Waals surface area (Å²) in [4.78, 5) is 1.56. The Morgan fingerprint density at radius 2 is 1.58 bits per heavy atom. The molecule has 0 aliphatic carbocycles. The predicted octanol–water partition coefficient (Wildman–Crippen LogP) is 5.38. The number of hydrogen-bond acceptors (Lipinski definition) is 2. The summed E-state index contributed by atoms with van der Waals surface area (Å²) in [6.45, 7) is 2.54. The normalized spacial score (nSPS) is 13.9. The summed E-state index contributed by atoms with van der Waals surface area (Å²) in [5, 5.41) is 0.647. The van der Waals surface area contributed by atoms with E-state index in [4.69, 9.17) is 15.8 Å². The van der Waals surface area contributed by atoms with Gasteiger partial charge < -0.3 is 0 Å². The van der Waals surface area contributed by atoms with Crippen molar-refractivity contribution < 1.29 is 4.18 Å². The van der Waals surface area contributed by atoms with Crippen LogP contribution < -0.4 is 0 Å². The van der Waals surface area contributed by atoms with E-state index in [1.807, 2.05) is 49.4 Å². The zero-order chi connectivity index (χ0) is 13.7. The molecule has 1 unspecified atom stereocenters. The van der Waals surface area contributed by atoms with Crippen molar-refractivity contribution in [1.82, 2.24) is 0 Å². The molecule has 0 aromatic heterocycles. The summed E-state index contributed by atoms with van der Waals surface area (Å²) >= 11 is 5.90. The highest BCUT2D eigenvalue weighted by molar-refractivity contribution is 8.17. The fraction of sp³-hybridized carbons (Fsp3) is 0.200. The van der Waals surface area contributed by atoms with Crippen molar-refractivity contribution in [2.24, 2.45) is 0 Å². The van der Waals surface area contributed by atoms with E-state index in [-0.39, 0.29) is 0 Å². The third-order valence-corrected chi connectivity index (χ3v) is 5.24. The first kappa shape index (κ1) is 14.2. The fourth-order valence-electron chi connectivity index (χ4n) is 1.70. The third kappa shape index (κ3) is 3.20. The number of rotatable bonds is 2. The van der Waals surface area contributed by atoms with Gasteiger partial charge in [0, 0.05) is 5.02 Å². The minimum atomic E-state index is -2.43. The molecule has 2 aromatic carbocycles. The van der Waals surface area contributed by atoms with E-state index in [2.05, 4.69) is 0 Å². The second kappa shape index (κ2) is 6.27. The molecule has 0 N–H and O–H groups in total. The lowest BCUT2D eigenvalue weighted by Gasteiger charge is -2.20. The smallest absolute Gasteiger partial charge is 0.0967 e. The summed E-state index contributed by atoms with van der Waals surface area (Å²) in [5.74, 6) is 0. The molecule has 100 valence electrons. The van der Waals surface area contributed by atoms with Gasteiger partial charge in [-0.25, -0.2) is 0 Å². The van der Waals surface area contributed by atoms with E-state index in [0.29, 0.717) is 11.6 Å². The van der Waals surface area contributed by atoms with E-state index in [0.717, 1.165) is 16.2 Å². The minimum absolute atomic E-state index is 0.517. The lowest BCUT2D eigenvalue weighted by atomic mass is 10.4. The van der Waals surface area contributed by atoms with Crippen LogP contribution in [0.15, 0.2) is 64.4 Å². The first-order valence-electron chi connectivity index (χ1n) is 6.17. The number of halogens is 1. The Morgan fingerprint density at radius 3 is 2.16 bits per heavy atom. The lowest BCUT2D eigenvalue weighted by molar-refractivity contribution is 0.360. The van der Waals surface area contributed by atoms with Crippen LogP contribution in [0.2, 0.25) is 5.02 Å². The van der Waals surface area contributed by atoms with Gasteiger partial charge in [0.05, 0.1) is 26.3 Å². The summed E-state index contributed by atoms with van der Waals surface area (Å²) in [5.41, 5.74) is 0. The van der Waals surface area contributed by atoms with E-state index in [1.54, 1.807) is 12.1 Å². The van der Waals surface area contributed by atoms with Crippen molar-refractivity contribution >= 4 is 21.5 Å². The topological polar surface area (TPSA) is 33.0 Å². The number of benzene rings is 2. The van der Waals surface area contributed by atoms with Crippen LogP contribution in [0.1, 0.15) is 13.3 Å². The van der Waals surface area contributed by atoms with Crippen molar-refractivity contribution in [2.75, 3.05) is 6.61 Å². The van der Waals surface area contributed by atoms with Crippen LogP contribution in [-0.2, 0) is 4.18 Å². The van der Waals surface area contributed by atoms with Crippen LogP contribution in [0, 0.1) is 4.61 Å². The standard InChI is InChI=1S/C15H16ClNOS/c1-2-12-18-19(17,14-6-4-3-5-7-14)15-10-8-13(16)9-11-15/h3-11H,2,12H2,1H3. The number of hydrogen-bond donors (Lipinski definition) is 0. The first-order valence-corrected chi connectivity index (χ1v) is 8.07. The molecule has 0 spiro atoms. The molecule has 0 saturated carbocycles. The monoisotopic (exact) mass is 293 g/mol. The van der Waals surface area contributed by atoms with E-state index >= 15 is 0 Å². The second-order valence-electron chi connectivity index (χ2n) is 4.11. The average molecular weight is 294 g/mol. The highest BCUT2D eigenvalue weighted by Gasteiger charge is 2.20. The molecule has 0 fully saturated rings. The second-order valence-corrected chi connectivity index (χ2v) is 6.78. The maximum atomic E-state index is 11.0. The van der Waals surface area contributed by atoms with Gasteiger partial charge in [-0.2, -0.15) is 4.61 Å². The fourth-order valence-corrected chi connectivity index (χ4v) is 3.81. The molecule has 0 heterocycles. The van der Waals surface area contributed by atoms with Gasteiger partial charge in [-0.1, -0.05) is 36.7 Å². The molecule has 0 radical (unpaired) electrons. The van der Waals surface area contributed by atoms with Gasteiger partial charge in [0.1, 0.15) is 0 Å². The first-order chi connectivity index (χ1) is 9.16. The maximum absolute atomic E-state index is 11.0. The zero-order valence-electron chi connectivity index (χ0n) is 10.8. The Morgan fingerprint density at radius 1 is 1.00 bits per heavy atom. The molecule has 19 heavy (non-hydrogen) atoms. The highest BCUT2D eigenvalue weighted by atomic mass is 35.5. The molecule has 0 aliphatic heterocycles. The quantitative estimate of drug-likeness (QED) is 0.744. The molecule has 4 heteroatoms. The van der Waals surface area contributed by atoms with Gasteiger partial charge in [-0.3, -0.25) is 4.18 Å². The predicted molar refractivity (Wildman–Crippen MR) is 80.0 cm³/mol. The van der Waals surface area contributed by atoms with Crippen molar-refractivity contribution in [3.05, 3.63) is 59.6 Å². The van der Waals surface area contributed by atoms with Crippen molar-refractivity contribution in [3.63, 3.8) is 0 Å². The third-order valence-electron chi connectivity index (χ3n) is 2.65. The Kier molecular flexibility index (Phi) is 4.67. The average Bonchev–Trinajstić information content (AvgIpc) is 2.46. The van der Waals surface area contributed by atoms with E-state index in [9.17, 15) is 4.61 Å². The largest absolute Gasteiger partial charge is 0.298 e. The van der Waals surface area contributed by atoms with E-state index < -0.39 is 9.94 Å². The van der Waals surface area contributed by atoms with Crippen LogP contribution >= 0.6 is 21.5 Å². The zero-order valence-corrected chi connectivity index (χ0v) is 12.3. The molecule has 0 amide bonds. The summed E-state index contributed by atoms with van der Waals surface area (Å²) in [6.07, 6.45) is 0.857. The SMILES string of the molecule is CCCOS(#N)(c1ccccc1)c1ccc(Cl)cc1. The van der Waals surface area contributed by atoms with Gasteiger partial charge in [0.15, 0.2) is 0 Å². The molecule has 2 aromatic rings. The minimum Gasteiger partial charge on any atom is -0.298 e. The molecule has 0 bridgehead atoms. The lowest BCUT2D eigenvalue weighted by Crippen LogP contribution is -1.97. The van der Waals surface area contributed by atoms with E-state index in [1.165, 1.54) is 0 Å². The Labute approximate surface area is 120 Å². The molecule has 2 rings (SSSR count). The van der Waals surface area contributed by atoms with Crippen LogP contribution in [0.3, 0.4) is 0 Å². The Balaban J connectivity index is 2.47. The van der Waals surface area contributed by atoms with Crippen molar-refractivity contribution in [1.29, 1.82) is 4.61 Å². The summed E-state index contributed by atoms with van der Waals surface area (Å²) < 4.78 is 16.8. The van der Waals surface area contributed by atoms with Crippen LogP contribution in [0.5, 0.6) is 0 Å². The Bertz CT molecular complexity index is 628. The highest BCUT2D eigenvalue weighted by Crippen LogP contribution is 2.50.